The average Bonchev–Trinajstić information content (AvgIpc) is 2.66. The van der Waals surface area contributed by atoms with E-state index in [9.17, 15) is 4.79 Å². The molecule has 2 N–H and O–H groups in total. The molecule has 0 atom stereocenters. The second-order valence-corrected chi connectivity index (χ2v) is 7.49. The van der Waals surface area contributed by atoms with Gasteiger partial charge in [-0.2, -0.15) is 0 Å². The SMILES string of the molecule is CN(C)CCNC(=O)c1cccc2c(NCCN(C)C)c3ccccc3nc12. The van der Waals surface area contributed by atoms with Crippen molar-refractivity contribution in [2.45, 2.75) is 0 Å². The Labute approximate surface area is 166 Å². The highest BCUT2D eigenvalue weighted by Crippen LogP contribution is 2.32. The van der Waals surface area contributed by atoms with E-state index < -0.39 is 0 Å². The van der Waals surface area contributed by atoms with E-state index in [1.807, 2.05) is 55.4 Å². The number of likely N-dealkylation sites (N-methyl/N-ethyl adjacent to an activating group) is 2. The summed E-state index contributed by atoms with van der Waals surface area (Å²) in [5, 5.41) is 8.61. The second kappa shape index (κ2) is 8.99. The van der Waals surface area contributed by atoms with Crippen LogP contribution in [-0.4, -0.2) is 75.1 Å². The Morgan fingerprint density at radius 1 is 0.893 bits per heavy atom. The summed E-state index contributed by atoms with van der Waals surface area (Å²) < 4.78 is 0. The first-order valence-electron chi connectivity index (χ1n) is 9.60. The molecule has 0 unspecified atom stereocenters. The molecule has 0 spiro atoms. The van der Waals surface area contributed by atoms with Gasteiger partial charge in [-0.05, 0) is 40.3 Å². The molecule has 0 aliphatic rings. The van der Waals surface area contributed by atoms with E-state index in [-0.39, 0.29) is 5.91 Å². The van der Waals surface area contributed by atoms with Crippen molar-refractivity contribution in [2.24, 2.45) is 0 Å². The summed E-state index contributed by atoms with van der Waals surface area (Å²) in [6.07, 6.45) is 0. The van der Waals surface area contributed by atoms with E-state index in [0.717, 1.165) is 47.1 Å². The number of hydrogen-bond donors (Lipinski definition) is 2. The number of anilines is 1. The predicted octanol–water partition coefficient (Wildman–Crippen LogP) is 2.65. The molecule has 0 aliphatic carbocycles. The Morgan fingerprint density at radius 3 is 2.32 bits per heavy atom. The van der Waals surface area contributed by atoms with Crippen molar-refractivity contribution in [3.8, 4) is 0 Å². The molecule has 0 radical (unpaired) electrons. The molecule has 6 nitrogen and oxygen atoms in total. The zero-order chi connectivity index (χ0) is 20.1. The van der Waals surface area contributed by atoms with E-state index in [1.165, 1.54) is 0 Å². The molecule has 1 aromatic heterocycles. The van der Waals surface area contributed by atoms with Crippen LogP contribution in [0.25, 0.3) is 21.8 Å². The molecule has 0 saturated carbocycles. The first-order chi connectivity index (χ1) is 13.5. The van der Waals surface area contributed by atoms with Crippen LogP contribution in [-0.2, 0) is 0 Å². The van der Waals surface area contributed by atoms with Crippen LogP contribution in [0.5, 0.6) is 0 Å². The fourth-order valence-electron chi connectivity index (χ4n) is 3.18. The first kappa shape index (κ1) is 20.0. The number of pyridine rings is 1. The molecule has 3 rings (SSSR count). The van der Waals surface area contributed by atoms with Crippen LogP contribution in [0.15, 0.2) is 42.5 Å². The minimum absolute atomic E-state index is 0.0885. The van der Waals surface area contributed by atoms with Crippen LogP contribution in [0.4, 0.5) is 5.69 Å². The van der Waals surface area contributed by atoms with Crippen molar-refractivity contribution in [2.75, 3.05) is 59.7 Å². The Hall–Kier alpha value is -2.70. The Morgan fingerprint density at radius 2 is 1.57 bits per heavy atom. The molecule has 0 saturated heterocycles. The van der Waals surface area contributed by atoms with Gasteiger partial charge in [-0.3, -0.25) is 4.79 Å². The van der Waals surface area contributed by atoms with Gasteiger partial charge in [0.15, 0.2) is 0 Å². The standard InChI is InChI=1S/C22H29N5O/c1-26(2)14-12-23-20-16-8-5-6-11-19(16)25-21-17(20)9-7-10-18(21)22(28)24-13-15-27(3)4/h5-11H,12-15H2,1-4H3,(H,23,25)(H,24,28). The van der Waals surface area contributed by atoms with Crippen LogP contribution >= 0.6 is 0 Å². The third-order valence-electron chi connectivity index (χ3n) is 4.66. The zero-order valence-electron chi connectivity index (χ0n) is 17.1. The van der Waals surface area contributed by atoms with Crippen molar-refractivity contribution >= 4 is 33.4 Å². The van der Waals surface area contributed by atoms with E-state index in [0.29, 0.717) is 12.1 Å². The predicted molar refractivity (Wildman–Crippen MR) is 117 cm³/mol. The van der Waals surface area contributed by atoms with E-state index >= 15 is 0 Å². The van der Waals surface area contributed by atoms with Crippen LogP contribution in [0, 0.1) is 0 Å². The van der Waals surface area contributed by atoms with E-state index in [4.69, 9.17) is 4.98 Å². The number of para-hydroxylation sites is 2. The number of hydrogen-bond acceptors (Lipinski definition) is 5. The maximum absolute atomic E-state index is 12.8. The largest absolute Gasteiger partial charge is 0.383 e. The van der Waals surface area contributed by atoms with Gasteiger partial charge in [0.1, 0.15) is 0 Å². The lowest BCUT2D eigenvalue weighted by molar-refractivity contribution is 0.0952. The smallest absolute Gasteiger partial charge is 0.253 e. The number of benzene rings is 2. The minimum atomic E-state index is -0.0885. The highest BCUT2D eigenvalue weighted by atomic mass is 16.1. The molecule has 28 heavy (non-hydrogen) atoms. The highest BCUT2D eigenvalue weighted by molar-refractivity contribution is 6.14. The quantitative estimate of drug-likeness (QED) is 0.589. The van der Waals surface area contributed by atoms with Gasteiger partial charge in [0.25, 0.3) is 5.91 Å². The molecular formula is C22H29N5O. The van der Waals surface area contributed by atoms with Crippen molar-refractivity contribution in [3.63, 3.8) is 0 Å². The minimum Gasteiger partial charge on any atom is -0.383 e. The van der Waals surface area contributed by atoms with Crippen LogP contribution in [0.3, 0.4) is 0 Å². The lowest BCUT2D eigenvalue weighted by Crippen LogP contribution is -2.31. The normalized spacial score (nSPS) is 11.5. The van der Waals surface area contributed by atoms with Gasteiger partial charge >= 0.3 is 0 Å². The first-order valence-corrected chi connectivity index (χ1v) is 9.60. The van der Waals surface area contributed by atoms with Crippen LogP contribution < -0.4 is 10.6 Å². The number of nitrogens with zero attached hydrogens (tertiary/aromatic N) is 3. The third kappa shape index (κ3) is 4.58. The molecule has 2 aromatic carbocycles. The van der Waals surface area contributed by atoms with Gasteiger partial charge in [-0.15, -0.1) is 0 Å². The van der Waals surface area contributed by atoms with E-state index in [2.05, 4.69) is 35.7 Å². The van der Waals surface area contributed by atoms with Crippen molar-refractivity contribution in [3.05, 3.63) is 48.0 Å². The number of carbonyl (C=O) groups is 1. The number of aromatic nitrogens is 1. The summed E-state index contributed by atoms with van der Waals surface area (Å²) >= 11 is 0. The van der Waals surface area contributed by atoms with Crippen molar-refractivity contribution in [1.29, 1.82) is 0 Å². The summed E-state index contributed by atoms with van der Waals surface area (Å²) in [7, 11) is 8.09. The topological polar surface area (TPSA) is 60.5 Å². The van der Waals surface area contributed by atoms with Gasteiger partial charge in [-0.1, -0.05) is 30.3 Å². The lowest BCUT2D eigenvalue weighted by Gasteiger charge is -2.17. The third-order valence-corrected chi connectivity index (χ3v) is 4.66. The summed E-state index contributed by atoms with van der Waals surface area (Å²) in [6.45, 7) is 3.13. The highest BCUT2D eigenvalue weighted by Gasteiger charge is 2.15. The fourth-order valence-corrected chi connectivity index (χ4v) is 3.18. The lowest BCUT2D eigenvalue weighted by atomic mass is 10.0. The summed E-state index contributed by atoms with van der Waals surface area (Å²) in [4.78, 5) is 21.8. The molecule has 0 bridgehead atoms. The monoisotopic (exact) mass is 379 g/mol. The number of fused-ring (bicyclic) bond motifs is 2. The Balaban J connectivity index is 2.03. The summed E-state index contributed by atoms with van der Waals surface area (Å²) in [5.41, 5.74) is 3.26. The maximum Gasteiger partial charge on any atom is 0.253 e. The number of rotatable bonds is 8. The average molecular weight is 380 g/mol. The summed E-state index contributed by atoms with van der Waals surface area (Å²) in [5.74, 6) is -0.0885. The number of carbonyl (C=O) groups excluding carboxylic acids is 1. The Bertz CT molecular complexity index is 968. The van der Waals surface area contributed by atoms with E-state index in [1.54, 1.807) is 0 Å². The molecule has 3 aromatic rings. The maximum atomic E-state index is 12.8. The van der Waals surface area contributed by atoms with Gasteiger partial charge in [0, 0.05) is 37.0 Å². The van der Waals surface area contributed by atoms with Crippen molar-refractivity contribution in [1.82, 2.24) is 20.1 Å². The molecule has 0 aliphatic heterocycles. The van der Waals surface area contributed by atoms with Gasteiger partial charge in [0.05, 0.1) is 22.3 Å². The van der Waals surface area contributed by atoms with Gasteiger partial charge in [0.2, 0.25) is 0 Å². The van der Waals surface area contributed by atoms with Crippen LogP contribution in [0.1, 0.15) is 10.4 Å². The molecule has 1 amide bonds. The van der Waals surface area contributed by atoms with Gasteiger partial charge < -0.3 is 20.4 Å². The molecule has 0 fully saturated rings. The number of amides is 1. The Kier molecular flexibility index (Phi) is 6.44. The molecule has 148 valence electrons. The molecule has 1 heterocycles. The van der Waals surface area contributed by atoms with Gasteiger partial charge in [-0.25, -0.2) is 4.98 Å². The van der Waals surface area contributed by atoms with Crippen molar-refractivity contribution < 1.29 is 4.79 Å². The molecular weight excluding hydrogens is 350 g/mol. The van der Waals surface area contributed by atoms with Crippen LogP contribution in [0.2, 0.25) is 0 Å². The fraction of sp³-hybridized carbons (Fsp3) is 0.364. The molecule has 6 heteroatoms. The zero-order valence-corrected chi connectivity index (χ0v) is 17.1. The summed E-state index contributed by atoms with van der Waals surface area (Å²) in [6, 6.07) is 13.9. The number of nitrogens with one attached hydrogen (secondary N) is 2. The second-order valence-electron chi connectivity index (χ2n) is 7.49.